The second-order valence-electron chi connectivity index (χ2n) is 4.59. The number of rotatable bonds is 2. The van der Waals surface area contributed by atoms with Crippen LogP contribution >= 0.6 is 0 Å². The van der Waals surface area contributed by atoms with E-state index in [0.29, 0.717) is 5.69 Å². The van der Waals surface area contributed by atoms with Crippen LogP contribution in [0.5, 0.6) is 0 Å². The molecule has 0 N–H and O–H groups in total. The van der Waals surface area contributed by atoms with Gasteiger partial charge in [-0.05, 0) is 31.0 Å². The first-order valence-electron chi connectivity index (χ1n) is 5.89. The zero-order valence-corrected chi connectivity index (χ0v) is 9.78. The van der Waals surface area contributed by atoms with Crippen molar-refractivity contribution < 1.29 is 17.6 Å². The third-order valence-corrected chi connectivity index (χ3v) is 3.10. The largest absolute Gasteiger partial charge is 0.435 e. The Morgan fingerprint density at radius 2 is 1.84 bits per heavy atom. The SMILES string of the molecule is Fc1ccccc1-n1nc(C(F)(F)F)cc1C1CC1. The van der Waals surface area contributed by atoms with Crippen molar-refractivity contribution in [2.45, 2.75) is 24.9 Å². The fourth-order valence-corrected chi connectivity index (χ4v) is 2.02. The Morgan fingerprint density at radius 1 is 1.16 bits per heavy atom. The molecule has 0 spiro atoms. The van der Waals surface area contributed by atoms with Crippen molar-refractivity contribution in [3.63, 3.8) is 0 Å². The number of nitrogens with zero attached hydrogens (tertiary/aromatic N) is 2. The van der Waals surface area contributed by atoms with E-state index in [0.717, 1.165) is 23.6 Å². The third kappa shape index (κ3) is 2.22. The van der Waals surface area contributed by atoms with Gasteiger partial charge in [0.15, 0.2) is 5.69 Å². The van der Waals surface area contributed by atoms with Crippen molar-refractivity contribution in [1.29, 1.82) is 0 Å². The van der Waals surface area contributed by atoms with Crippen molar-refractivity contribution in [3.05, 3.63) is 47.5 Å². The highest BCUT2D eigenvalue weighted by molar-refractivity contribution is 5.37. The summed E-state index contributed by atoms with van der Waals surface area (Å²) in [4.78, 5) is 0. The minimum atomic E-state index is -4.51. The molecular weight excluding hydrogens is 260 g/mol. The smallest absolute Gasteiger partial charge is 0.234 e. The molecule has 1 aromatic heterocycles. The summed E-state index contributed by atoms with van der Waals surface area (Å²) < 4.78 is 52.9. The van der Waals surface area contributed by atoms with Crippen LogP contribution in [0.4, 0.5) is 17.6 Å². The van der Waals surface area contributed by atoms with Crippen LogP contribution in [-0.2, 0) is 6.18 Å². The van der Waals surface area contributed by atoms with Gasteiger partial charge in [0.1, 0.15) is 11.5 Å². The van der Waals surface area contributed by atoms with Gasteiger partial charge in [0, 0.05) is 11.6 Å². The maximum Gasteiger partial charge on any atom is 0.435 e. The second-order valence-corrected chi connectivity index (χ2v) is 4.59. The highest BCUT2D eigenvalue weighted by Crippen LogP contribution is 2.43. The molecule has 1 aromatic carbocycles. The monoisotopic (exact) mass is 270 g/mol. The lowest BCUT2D eigenvalue weighted by Gasteiger charge is -2.07. The first-order valence-corrected chi connectivity index (χ1v) is 5.89. The Hall–Kier alpha value is -1.85. The number of para-hydroxylation sites is 1. The normalized spacial score (nSPS) is 15.8. The van der Waals surface area contributed by atoms with Crippen molar-refractivity contribution >= 4 is 0 Å². The van der Waals surface area contributed by atoms with Crippen LogP contribution in [0.3, 0.4) is 0 Å². The molecule has 1 aliphatic carbocycles. The van der Waals surface area contributed by atoms with E-state index in [2.05, 4.69) is 5.10 Å². The topological polar surface area (TPSA) is 17.8 Å². The predicted molar refractivity (Wildman–Crippen MR) is 60.5 cm³/mol. The summed E-state index contributed by atoms with van der Waals surface area (Å²) in [5.41, 5.74) is -0.491. The van der Waals surface area contributed by atoms with Gasteiger partial charge in [-0.15, -0.1) is 0 Å². The van der Waals surface area contributed by atoms with E-state index in [4.69, 9.17) is 0 Å². The molecule has 19 heavy (non-hydrogen) atoms. The van der Waals surface area contributed by atoms with E-state index in [-0.39, 0.29) is 11.6 Å². The lowest BCUT2D eigenvalue weighted by molar-refractivity contribution is -0.141. The van der Waals surface area contributed by atoms with Crippen LogP contribution < -0.4 is 0 Å². The van der Waals surface area contributed by atoms with Crippen LogP contribution in [0.1, 0.15) is 30.1 Å². The molecule has 0 saturated heterocycles. The molecule has 1 saturated carbocycles. The summed E-state index contributed by atoms with van der Waals surface area (Å²) in [6.07, 6.45) is -2.88. The summed E-state index contributed by atoms with van der Waals surface area (Å²) in [5.74, 6) is -0.538. The van der Waals surface area contributed by atoms with Crippen molar-refractivity contribution in [3.8, 4) is 5.69 Å². The van der Waals surface area contributed by atoms with Gasteiger partial charge in [0.25, 0.3) is 0 Å². The van der Waals surface area contributed by atoms with Gasteiger partial charge in [-0.3, -0.25) is 0 Å². The molecule has 0 aliphatic heterocycles. The van der Waals surface area contributed by atoms with Gasteiger partial charge in [-0.1, -0.05) is 12.1 Å². The Kier molecular flexibility index (Phi) is 2.62. The minimum Gasteiger partial charge on any atom is -0.234 e. The quantitative estimate of drug-likeness (QED) is 0.756. The number of hydrogen-bond donors (Lipinski definition) is 0. The summed E-state index contributed by atoms with van der Waals surface area (Å²) in [6, 6.07) is 6.72. The standard InChI is InChI=1S/C13H10F4N2/c14-9-3-1-2-4-10(9)19-11(8-5-6-8)7-12(18-19)13(15,16)17/h1-4,7-8H,5-6H2. The molecule has 0 amide bonds. The highest BCUT2D eigenvalue weighted by Gasteiger charge is 2.38. The first-order chi connectivity index (χ1) is 8.97. The van der Waals surface area contributed by atoms with Crippen molar-refractivity contribution in [2.24, 2.45) is 0 Å². The average molecular weight is 270 g/mol. The number of benzene rings is 1. The molecule has 1 aliphatic rings. The zero-order valence-electron chi connectivity index (χ0n) is 9.78. The molecule has 3 rings (SSSR count). The molecule has 0 bridgehead atoms. The Balaban J connectivity index is 2.15. The van der Waals surface area contributed by atoms with E-state index in [9.17, 15) is 17.6 Å². The van der Waals surface area contributed by atoms with Gasteiger partial charge >= 0.3 is 6.18 Å². The molecule has 6 heteroatoms. The van der Waals surface area contributed by atoms with E-state index < -0.39 is 17.7 Å². The maximum atomic E-state index is 13.7. The van der Waals surface area contributed by atoms with Gasteiger partial charge in [-0.2, -0.15) is 18.3 Å². The molecular formula is C13H10F4N2. The maximum absolute atomic E-state index is 13.7. The molecule has 0 atom stereocenters. The van der Waals surface area contributed by atoms with Crippen LogP contribution in [0.15, 0.2) is 30.3 Å². The van der Waals surface area contributed by atoms with Crippen LogP contribution in [-0.4, -0.2) is 9.78 Å². The molecule has 2 aromatic rings. The fourth-order valence-electron chi connectivity index (χ4n) is 2.02. The summed E-state index contributed by atoms with van der Waals surface area (Å²) in [7, 11) is 0. The molecule has 1 fully saturated rings. The molecule has 0 unspecified atom stereocenters. The molecule has 1 heterocycles. The summed E-state index contributed by atoms with van der Waals surface area (Å²) in [5, 5.41) is 3.53. The molecule has 0 radical (unpaired) electrons. The van der Waals surface area contributed by atoms with E-state index in [1.54, 1.807) is 6.07 Å². The lowest BCUT2D eigenvalue weighted by Crippen LogP contribution is -2.08. The van der Waals surface area contributed by atoms with Crippen LogP contribution in [0.2, 0.25) is 0 Å². The Labute approximate surface area is 106 Å². The van der Waals surface area contributed by atoms with E-state index >= 15 is 0 Å². The van der Waals surface area contributed by atoms with Gasteiger partial charge in [0.05, 0.1) is 0 Å². The predicted octanol–water partition coefficient (Wildman–Crippen LogP) is 3.91. The Bertz CT molecular complexity index is 611. The number of alkyl halides is 3. The number of halogens is 4. The first kappa shape index (κ1) is 12.2. The van der Waals surface area contributed by atoms with Crippen molar-refractivity contribution in [1.82, 2.24) is 9.78 Å². The van der Waals surface area contributed by atoms with Gasteiger partial charge in [-0.25, -0.2) is 9.07 Å². The number of hydrogen-bond acceptors (Lipinski definition) is 1. The highest BCUT2D eigenvalue weighted by atomic mass is 19.4. The molecule has 100 valence electrons. The van der Waals surface area contributed by atoms with E-state index in [1.165, 1.54) is 18.2 Å². The van der Waals surface area contributed by atoms with Crippen LogP contribution in [0, 0.1) is 5.82 Å². The van der Waals surface area contributed by atoms with E-state index in [1.807, 2.05) is 0 Å². The summed E-state index contributed by atoms with van der Waals surface area (Å²) in [6.45, 7) is 0. The minimum absolute atomic E-state index is 0.0446. The third-order valence-electron chi connectivity index (χ3n) is 3.10. The number of aromatic nitrogens is 2. The zero-order chi connectivity index (χ0) is 13.6. The lowest BCUT2D eigenvalue weighted by atomic mass is 10.2. The second kappa shape index (κ2) is 4.08. The average Bonchev–Trinajstić information content (AvgIpc) is 3.08. The van der Waals surface area contributed by atoms with Crippen LogP contribution in [0.25, 0.3) is 5.69 Å². The Morgan fingerprint density at radius 3 is 2.42 bits per heavy atom. The van der Waals surface area contributed by atoms with Gasteiger partial charge < -0.3 is 0 Å². The molecule has 2 nitrogen and oxygen atoms in total. The van der Waals surface area contributed by atoms with Gasteiger partial charge in [0.2, 0.25) is 0 Å². The summed E-state index contributed by atoms with van der Waals surface area (Å²) >= 11 is 0. The fraction of sp³-hybridized carbons (Fsp3) is 0.308. The van der Waals surface area contributed by atoms with Crippen molar-refractivity contribution in [2.75, 3.05) is 0 Å².